The van der Waals surface area contributed by atoms with Gasteiger partial charge < -0.3 is 10.1 Å². The fourth-order valence-electron chi connectivity index (χ4n) is 4.62. The first-order chi connectivity index (χ1) is 17.1. The lowest BCUT2D eigenvalue weighted by molar-refractivity contribution is -0.141. The molecule has 1 spiro atoms. The number of hydrogen-bond acceptors (Lipinski definition) is 5. The summed E-state index contributed by atoms with van der Waals surface area (Å²) in [6, 6.07) is 13.1. The summed E-state index contributed by atoms with van der Waals surface area (Å²) in [6.45, 7) is 3.24. The van der Waals surface area contributed by atoms with Crippen LogP contribution >= 0.6 is 11.8 Å². The average Bonchev–Trinajstić information content (AvgIpc) is 2.85. The zero-order valence-corrected chi connectivity index (χ0v) is 20.3. The molecule has 0 atom stereocenters. The van der Waals surface area contributed by atoms with Crippen molar-refractivity contribution in [2.45, 2.75) is 42.0 Å². The summed E-state index contributed by atoms with van der Waals surface area (Å²) < 4.78 is 44.3. The fourth-order valence-corrected chi connectivity index (χ4v) is 6.14. The van der Waals surface area contributed by atoms with E-state index < -0.39 is 17.8 Å². The first-order valence-corrected chi connectivity index (χ1v) is 12.3. The number of hydrogen-bond donors (Lipinski definition) is 1. The average molecular weight is 513 g/mol. The number of aromatic nitrogens is 1. The quantitative estimate of drug-likeness (QED) is 0.431. The van der Waals surface area contributed by atoms with Crippen LogP contribution in [0.25, 0.3) is 11.1 Å². The standard InChI is InChI=1S/C27H23F3N2O3S/c1-16-2-4-19(32-25(34)18-6-9-31-24(13-18)27(28,29)30)14-21(16)17-3-5-20-22(33)15-26(36-23(20)12-17)7-10-35-11-8-26/h2-6,9,12-14H,7-8,10-11,15H2,1H3,(H,32,34). The van der Waals surface area contributed by atoms with E-state index >= 15 is 0 Å². The fraction of sp³-hybridized carbons (Fsp3) is 0.296. The normalized spacial score (nSPS) is 17.1. The summed E-state index contributed by atoms with van der Waals surface area (Å²) in [4.78, 5) is 29.8. The minimum Gasteiger partial charge on any atom is -0.381 e. The van der Waals surface area contributed by atoms with E-state index in [1.165, 1.54) is 6.07 Å². The predicted octanol–water partition coefficient (Wildman–Crippen LogP) is 6.56. The van der Waals surface area contributed by atoms with Crippen LogP contribution in [0.1, 0.15) is 51.2 Å². The van der Waals surface area contributed by atoms with Gasteiger partial charge in [-0.1, -0.05) is 12.1 Å². The molecule has 2 aliphatic rings. The Bertz CT molecular complexity index is 1350. The smallest absolute Gasteiger partial charge is 0.381 e. The van der Waals surface area contributed by atoms with Gasteiger partial charge in [0.05, 0.1) is 0 Å². The Labute approximate surface area is 210 Å². The number of fused-ring (bicyclic) bond motifs is 1. The molecule has 5 nitrogen and oxygen atoms in total. The monoisotopic (exact) mass is 512 g/mol. The predicted molar refractivity (Wildman–Crippen MR) is 131 cm³/mol. The van der Waals surface area contributed by atoms with Crippen molar-refractivity contribution in [2.75, 3.05) is 18.5 Å². The first kappa shape index (κ1) is 24.5. The van der Waals surface area contributed by atoms with Crippen molar-refractivity contribution in [1.29, 1.82) is 0 Å². The zero-order chi connectivity index (χ0) is 25.5. The Morgan fingerprint density at radius 2 is 1.83 bits per heavy atom. The highest BCUT2D eigenvalue weighted by atomic mass is 32.2. The maximum absolute atomic E-state index is 13.0. The number of amides is 1. The number of ether oxygens (including phenoxy) is 1. The highest BCUT2D eigenvalue weighted by Gasteiger charge is 2.40. The molecule has 2 aliphatic heterocycles. The van der Waals surface area contributed by atoms with Crippen molar-refractivity contribution in [3.05, 3.63) is 77.1 Å². The van der Waals surface area contributed by atoms with Gasteiger partial charge in [0.2, 0.25) is 0 Å². The van der Waals surface area contributed by atoms with Crippen molar-refractivity contribution in [3.63, 3.8) is 0 Å². The molecule has 1 N–H and O–H groups in total. The number of ketones is 1. The number of thioether (sulfide) groups is 1. The summed E-state index contributed by atoms with van der Waals surface area (Å²) in [5.41, 5.74) is 2.64. The molecule has 9 heteroatoms. The molecule has 2 aromatic carbocycles. The minimum atomic E-state index is -4.64. The first-order valence-electron chi connectivity index (χ1n) is 11.5. The molecule has 0 bridgehead atoms. The van der Waals surface area contributed by atoms with Gasteiger partial charge in [0.25, 0.3) is 5.91 Å². The third-order valence-corrected chi connectivity index (χ3v) is 8.16. The molecule has 0 aliphatic carbocycles. The second-order valence-corrected chi connectivity index (χ2v) is 10.6. The van der Waals surface area contributed by atoms with Gasteiger partial charge in [0.1, 0.15) is 5.69 Å². The van der Waals surface area contributed by atoms with Crippen molar-refractivity contribution < 1.29 is 27.5 Å². The van der Waals surface area contributed by atoms with Crippen LogP contribution in [0.5, 0.6) is 0 Å². The van der Waals surface area contributed by atoms with Gasteiger partial charge in [-0.05, 0) is 72.9 Å². The third kappa shape index (κ3) is 4.90. The molecule has 1 saturated heterocycles. The number of halogens is 3. The molecule has 3 heterocycles. The van der Waals surface area contributed by atoms with Crippen molar-refractivity contribution in [1.82, 2.24) is 4.98 Å². The summed E-state index contributed by atoms with van der Waals surface area (Å²) in [5.74, 6) is -0.517. The second kappa shape index (κ2) is 9.37. The molecule has 3 aromatic rings. The number of aryl methyl sites for hydroxylation is 1. The lowest BCUT2D eigenvalue weighted by atomic mass is 9.89. The molecular formula is C27H23F3N2O3S. The molecule has 5 rings (SSSR count). The van der Waals surface area contributed by atoms with Gasteiger partial charge in [-0.2, -0.15) is 13.2 Å². The summed E-state index contributed by atoms with van der Waals surface area (Å²) in [7, 11) is 0. The maximum Gasteiger partial charge on any atom is 0.433 e. The van der Waals surface area contributed by atoms with E-state index in [1.807, 2.05) is 31.2 Å². The zero-order valence-electron chi connectivity index (χ0n) is 19.4. The van der Waals surface area contributed by atoms with Crippen LogP contribution in [-0.4, -0.2) is 34.6 Å². The number of pyridine rings is 1. The van der Waals surface area contributed by atoms with Crippen LogP contribution in [0.15, 0.2) is 59.6 Å². The number of rotatable bonds is 3. The van der Waals surface area contributed by atoms with Crippen LogP contribution in [0.2, 0.25) is 0 Å². The van der Waals surface area contributed by atoms with Crippen LogP contribution in [0.3, 0.4) is 0 Å². The number of alkyl halides is 3. The Morgan fingerprint density at radius 1 is 1.06 bits per heavy atom. The van der Waals surface area contributed by atoms with Crippen LogP contribution in [-0.2, 0) is 10.9 Å². The second-order valence-electron chi connectivity index (χ2n) is 9.12. The lowest BCUT2D eigenvalue weighted by Crippen LogP contribution is -2.37. The number of nitrogens with one attached hydrogen (secondary N) is 1. The van der Waals surface area contributed by atoms with Gasteiger partial charge in [-0.3, -0.25) is 14.6 Å². The number of benzene rings is 2. The SMILES string of the molecule is Cc1ccc(NC(=O)c2ccnc(C(F)(F)F)c2)cc1-c1ccc2c(c1)SC1(CCOCC1)CC2=O. The van der Waals surface area contributed by atoms with E-state index in [9.17, 15) is 22.8 Å². The largest absolute Gasteiger partial charge is 0.433 e. The topological polar surface area (TPSA) is 68.3 Å². The molecule has 0 saturated carbocycles. The van der Waals surface area contributed by atoms with Gasteiger partial charge in [0, 0.05) is 52.3 Å². The number of anilines is 1. The minimum absolute atomic E-state index is 0.133. The number of carbonyl (C=O) groups is 2. The van der Waals surface area contributed by atoms with E-state index in [-0.39, 0.29) is 16.1 Å². The third-order valence-electron chi connectivity index (χ3n) is 6.61. The van der Waals surface area contributed by atoms with Crippen LogP contribution in [0, 0.1) is 6.92 Å². The molecular weight excluding hydrogens is 489 g/mol. The Morgan fingerprint density at radius 3 is 2.58 bits per heavy atom. The Kier molecular flexibility index (Phi) is 6.38. The van der Waals surface area contributed by atoms with Crippen molar-refractivity contribution in [3.8, 4) is 11.1 Å². The van der Waals surface area contributed by atoms with E-state index in [0.29, 0.717) is 25.3 Å². The maximum atomic E-state index is 13.0. The molecule has 1 fully saturated rings. The van der Waals surface area contributed by atoms with Gasteiger partial charge in [-0.25, -0.2) is 0 Å². The van der Waals surface area contributed by atoms with Gasteiger partial charge in [-0.15, -0.1) is 11.8 Å². The van der Waals surface area contributed by atoms with Gasteiger partial charge in [0.15, 0.2) is 5.78 Å². The number of Topliss-reactive ketones (excluding diaryl/α,β-unsaturated/α-hetero) is 1. The van der Waals surface area contributed by atoms with E-state index in [2.05, 4.69) is 10.3 Å². The van der Waals surface area contributed by atoms with Crippen LogP contribution in [0.4, 0.5) is 18.9 Å². The molecule has 0 radical (unpaired) electrons. The molecule has 0 unspecified atom stereocenters. The molecule has 1 aromatic heterocycles. The number of nitrogens with zero attached hydrogens (tertiary/aromatic N) is 1. The molecule has 36 heavy (non-hydrogen) atoms. The molecule has 1 amide bonds. The molecule has 186 valence electrons. The van der Waals surface area contributed by atoms with E-state index in [0.717, 1.165) is 52.3 Å². The van der Waals surface area contributed by atoms with Crippen molar-refractivity contribution >= 4 is 29.1 Å². The van der Waals surface area contributed by atoms with E-state index in [1.54, 1.807) is 23.9 Å². The summed E-state index contributed by atoms with van der Waals surface area (Å²) in [6.07, 6.45) is -1.49. The van der Waals surface area contributed by atoms with Crippen LogP contribution < -0.4 is 5.32 Å². The highest BCUT2D eigenvalue weighted by molar-refractivity contribution is 8.01. The lowest BCUT2D eigenvalue weighted by Gasteiger charge is -2.39. The Hall–Kier alpha value is -3.17. The van der Waals surface area contributed by atoms with E-state index in [4.69, 9.17) is 4.74 Å². The van der Waals surface area contributed by atoms with Crippen molar-refractivity contribution in [2.24, 2.45) is 0 Å². The summed E-state index contributed by atoms with van der Waals surface area (Å²) in [5, 5.41) is 2.68. The Balaban J connectivity index is 1.42. The number of carbonyl (C=O) groups excluding carboxylic acids is 2. The highest BCUT2D eigenvalue weighted by Crippen LogP contribution is 2.49. The van der Waals surface area contributed by atoms with Gasteiger partial charge >= 0.3 is 6.18 Å². The summed E-state index contributed by atoms with van der Waals surface area (Å²) >= 11 is 1.75.